The van der Waals surface area contributed by atoms with Gasteiger partial charge in [0, 0.05) is 26.2 Å². The quantitative estimate of drug-likeness (QED) is 0.514. The van der Waals surface area contributed by atoms with Gasteiger partial charge in [0.15, 0.2) is 0 Å². The van der Waals surface area contributed by atoms with Crippen molar-refractivity contribution >= 4 is 28.3 Å². The number of hydrogen-bond donors (Lipinski definition) is 1. The lowest BCUT2D eigenvalue weighted by Gasteiger charge is -2.35. The Morgan fingerprint density at radius 1 is 1.24 bits per heavy atom. The molecule has 1 saturated heterocycles. The van der Waals surface area contributed by atoms with Crippen molar-refractivity contribution in [1.82, 2.24) is 4.31 Å². The SMILES string of the molecule is CCOc1ccccc1N1CCN(SS)CC1. The van der Waals surface area contributed by atoms with Crippen molar-refractivity contribution in [2.75, 3.05) is 37.7 Å². The van der Waals surface area contributed by atoms with Gasteiger partial charge in [-0.1, -0.05) is 23.8 Å². The van der Waals surface area contributed by atoms with E-state index < -0.39 is 0 Å². The minimum atomic E-state index is 0.712. The molecule has 0 aliphatic carbocycles. The van der Waals surface area contributed by atoms with E-state index in [0.717, 1.165) is 31.9 Å². The first-order valence-electron chi connectivity index (χ1n) is 5.88. The molecule has 0 unspecified atom stereocenters. The minimum absolute atomic E-state index is 0.712. The maximum absolute atomic E-state index is 5.67. The molecule has 94 valence electrons. The number of para-hydroxylation sites is 2. The van der Waals surface area contributed by atoms with E-state index in [1.54, 1.807) is 0 Å². The van der Waals surface area contributed by atoms with Crippen LogP contribution in [-0.2, 0) is 0 Å². The number of nitrogens with zero attached hydrogens (tertiary/aromatic N) is 2. The zero-order chi connectivity index (χ0) is 12.1. The predicted octanol–water partition coefficient (Wildman–Crippen LogP) is 2.70. The van der Waals surface area contributed by atoms with Crippen LogP contribution in [0.5, 0.6) is 5.75 Å². The van der Waals surface area contributed by atoms with Crippen molar-refractivity contribution in [2.24, 2.45) is 0 Å². The Labute approximate surface area is 112 Å². The fraction of sp³-hybridized carbons (Fsp3) is 0.500. The summed E-state index contributed by atoms with van der Waals surface area (Å²) in [5.41, 5.74) is 1.21. The standard InChI is InChI=1S/C12H18N2OS2/c1-2-15-12-6-4-3-5-11(12)13-7-9-14(17-16)10-8-13/h3-6,16H,2,7-10H2,1H3. The Hall–Kier alpha value is -0.520. The fourth-order valence-electron chi connectivity index (χ4n) is 2.01. The summed E-state index contributed by atoms with van der Waals surface area (Å²) in [7, 11) is 1.53. The van der Waals surface area contributed by atoms with E-state index in [0.29, 0.717) is 6.61 Å². The Kier molecular flexibility index (Phi) is 4.88. The normalized spacial score (nSPS) is 17.2. The van der Waals surface area contributed by atoms with Gasteiger partial charge in [-0.3, -0.25) is 0 Å². The molecular weight excluding hydrogens is 252 g/mol. The number of hydrogen-bond acceptors (Lipinski definition) is 5. The molecule has 1 heterocycles. The molecule has 2 rings (SSSR count). The van der Waals surface area contributed by atoms with Gasteiger partial charge < -0.3 is 9.64 Å². The van der Waals surface area contributed by atoms with E-state index in [4.69, 9.17) is 4.74 Å². The Balaban J connectivity index is 2.07. The smallest absolute Gasteiger partial charge is 0.142 e. The van der Waals surface area contributed by atoms with Crippen LogP contribution in [-0.4, -0.2) is 37.1 Å². The summed E-state index contributed by atoms with van der Waals surface area (Å²) < 4.78 is 7.93. The van der Waals surface area contributed by atoms with E-state index in [-0.39, 0.29) is 0 Å². The number of thiol groups is 1. The monoisotopic (exact) mass is 270 g/mol. The molecule has 0 amide bonds. The first-order chi connectivity index (χ1) is 8.35. The molecule has 0 spiro atoms. The molecule has 0 saturated carbocycles. The molecule has 1 aliphatic heterocycles. The molecule has 0 atom stereocenters. The van der Waals surface area contributed by atoms with Crippen LogP contribution in [0.2, 0.25) is 0 Å². The highest BCUT2D eigenvalue weighted by molar-refractivity contribution is 8.67. The van der Waals surface area contributed by atoms with Crippen LogP contribution in [0.4, 0.5) is 5.69 Å². The van der Waals surface area contributed by atoms with Crippen LogP contribution in [0.25, 0.3) is 0 Å². The summed E-state index contributed by atoms with van der Waals surface area (Å²) in [6.07, 6.45) is 0. The number of benzene rings is 1. The van der Waals surface area contributed by atoms with Crippen molar-refractivity contribution in [1.29, 1.82) is 0 Å². The van der Waals surface area contributed by atoms with Crippen LogP contribution in [0, 0.1) is 0 Å². The van der Waals surface area contributed by atoms with Crippen LogP contribution in [0.3, 0.4) is 0 Å². The highest BCUT2D eigenvalue weighted by Gasteiger charge is 2.19. The molecule has 1 aliphatic rings. The van der Waals surface area contributed by atoms with E-state index >= 15 is 0 Å². The molecule has 5 heteroatoms. The molecule has 0 radical (unpaired) electrons. The van der Waals surface area contributed by atoms with Crippen molar-refractivity contribution < 1.29 is 4.74 Å². The van der Waals surface area contributed by atoms with Crippen LogP contribution in [0.15, 0.2) is 24.3 Å². The molecule has 0 N–H and O–H groups in total. The Morgan fingerprint density at radius 3 is 2.59 bits per heavy atom. The second-order valence-electron chi connectivity index (χ2n) is 3.90. The lowest BCUT2D eigenvalue weighted by atomic mass is 10.2. The van der Waals surface area contributed by atoms with Gasteiger partial charge in [0.05, 0.1) is 12.3 Å². The second-order valence-corrected chi connectivity index (χ2v) is 5.07. The maximum atomic E-state index is 5.67. The summed E-state index contributed by atoms with van der Waals surface area (Å²) >= 11 is 4.23. The van der Waals surface area contributed by atoms with Gasteiger partial charge in [-0.05, 0) is 30.0 Å². The van der Waals surface area contributed by atoms with Crippen LogP contribution < -0.4 is 9.64 Å². The van der Waals surface area contributed by atoms with E-state index in [2.05, 4.69) is 33.0 Å². The predicted molar refractivity (Wildman–Crippen MR) is 78.0 cm³/mol. The zero-order valence-electron chi connectivity index (χ0n) is 10.0. The fourth-order valence-corrected chi connectivity index (χ4v) is 2.82. The van der Waals surface area contributed by atoms with Crippen molar-refractivity contribution in [3.05, 3.63) is 24.3 Å². The van der Waals surface area contributed by atoms with Gasteiger partial charge in [-0.15, -0.1) is 0 Å². The highest BCUT2D eigenvalue weighted by Crippen LogP contribution is 2.29. The molecule has 1 aromatic rings. The molecule has 0 bridgehead atoms. The third kappa shape index (κ3) is 3.24. The lowest BCUT2D eigenvalue weighted by molar-refractivity contribution is 0.338. The van der Waals surface area contributed by atoms with E-state index in [1.807, 2.05) is 19.1 Å². The third-order valence-electron chi connectivity index (χ3n) is 2.86. The summed E-state index contributed by atoms with van der Waals surface area (Å²) in [6.45, 7) is 6.86. The summed E-state index contributed by atoms with van der Waals surface area (Å²) in [4.78, 5) is 2.38. The largest absolute Gasteiger partial charge is 0.492 e. The highest BCUT2D eigenvalue weighted by atomic mass is 33.1. The van der Waals surface area contributed by atoms with Crippen molar-refractivity contribution in [3.63, 3.8) is 0 Å². The first-order valence-corrected chi connectivity index (χ1v) is 7.71. The molecule has 1 fully saturated rings. The summed E-state index contributed by atoms with van der Waals surface area (Å²) in [5, 5.41) is 0. The van der Waals surface area contributed by atoms with Gasteiger partial charge in [0.2, 0.25) is 0 Å². The van der Waals surface area contributed by atoms with Gasteiger partial charge in [-0.2, -0.15) is 0 Å². The minimum Gasteiger partial charge on any atom is -0.492 e. The number of piperazine rings is 1. The average Bonchev–Trinajstić information content (AvgIpc) is 2.40. The molecule has 1 aromatic carbocycles. The summed E-state index contributed by atoms with van der Waals surface area (Å²) in [6, 6.07) is 8.26. The van der Waals surface area contributed by atoms with Gasteiger partial charge in [-0.25, -0.2) is 4.31 Å². The molecule has 17 heavy (non-hydrogen) atoms. The van der Waals surface area contributed by atoms with Crippen molar-refractivity contribution in [3.8, 4) is 5.75 Å². The van der Waals surface area contributed by atoms with Crippen LogP contribution in [0.1, 0.15) is 6.92 Å². The van der Waals surface area contributed by atoms with Gasteiger partial charge >= 0.3 is 0 Å². The Morgan fingerprint density at radius 2 is 1.94 bits per heavy atom. The summed E-state index contributed by atoms with van der Waals surface area (Å²) in [5.74, 6) is 0.988. The van der Waals surface area contributed by atoms with Crippen LogP contribution >= 0.6 is 22.6 Å². The number of ether oxygens (including phenoxy) is 1. The van der Waals surface area contributed by atoms with E-state index in [1.165, 1.54) is 16.7 Å². The topological polar surface area (TPSA) is 15.7 Å². The van der Waals surface area contributed by atoms with Gasteiger partial charge in [0.1, 0.15) is 5.75 Å². The number of anilines is 1. The zero-order valence-corrected chi connectivity index (χ0v) is 11.7. The maximum Gasteiger partial charge on any atom is 0.142 e. The third-order valence-corrected chi connectivity index (χ3v) is 4.15. The second kappa shape index (κ2) is 6.42. The average molecular weight is 270 g/mol. The van der Waals surface area contributed by atoms with E-state index in [9.17, 15) is 0 Å². The molecular formula is C12H18N2OS2. The molecule has 0 aromatic heterocycles. The number of rotatable bonds is 4. The first kappa shape index (κ1) is 12.9. The molecule has 3 nitrogen and oxygen atoms in total. The lowest BCUT2D eigenvalue weighted by Crippen LogP contribution is -2.43. The Bertz CT molecular complexity index is 354. The van der Waals surface area contributed by atoms with Gasteiger partial charge in [0.25, 0.3) is 0 Å². The van der Waals surface area contributed by atoms with Crippen molar-refractivity contribution in [2.45, 2.75) is 6.92 Å².